The summed E-state index contributed by atoms with van der Waals surface area (Å²) in [5.41, 5.74) is 7.50. The summed E-state index contributed by atoms with van der Waals surface area (Å²) in [5, 5.41) is 6.13. The summed E-state index contributed by atoms with van der Waals surface area (Å²) in [6, 6.07) is 15.4. The minimum Gasteiger partial charge on any atom is -0.493 e. The Bertz CT molecular complexity index is 780. The molecule has 4 atom stereocenters. The molecular formula is C21H27N3O2. The van der Waals surface area contributed by atoms with E-state index >= 15 is 0 Å². The third-order valence-corrected chi connectivity index (χ3v) is 5.64. The highest BCUT2D eigenvalue weighted by Crippen LogP contribution is 2.46. The van der Waals surface area contributed by atoms with Crippen LogP contribution in [0.15, 0.2) is 42.5 Å². The molecule has 0 aliphatic carbocycles. The molecule has 1 saturated heterocycles. The standard InChI is InChI=1S/C21H27N3O2/c1-5-17-15-11-18(25-3)19(26-4)12-16(15)20-13(2)23-24(21(20)22-17)14-9-7-6-8-10-14/h6-13,17,20-23H,5H2,1-4H3. The van der Waals surface area contributed by atoms with Crippen LogP contribution >= 0.6 is 0 Å². The van der Waals surface area contributed by atoms with E-state index in [-0.39, 0.29) is 12.2 Å². The Morgan fingerprint density at radius 2 is 1.65 bits per heavy atom. The quantitative estimate of drug-likeness (QED) is 0.880. The lowest BCUT2D eigenvalue weighted by Crippen LogP contribution is -2.50. The average Bonchev–Trinajstić information content (AvgIpc) is 3.03. The van der Waals surface area contributed by atoms with Crippen LogP contribution in [0, 0.1) is 0 Å². The van der Waals surface area contributed by atoms with Gasteiger partial charge in [0.25, 0.3) is 0 Å². The third-order valence-electron chi connectivity index (χ3n) is 5.64. The third kappa shape index (κ3) is 2.63. The van der Waals surface area contributed by atoms with Gasteiger partial charge in [-0.2, -0.15) is 0 Å². The molecule has 5 nitrogen and oxygen atoms in total. The van der Waals surface area contributed by atoms with Crippen LogP contribution in [0.5, 0.6) is 11.5 Å². The van der Waals surface area contributed by atoms with Crippen molar-refractivity contribution in [3.63, 3.8) is 0 Å². The molecule has 0 amide bonds. The number of nitrogens with zero attached hydrogens (tertiary/aromatic N) is 1. The predicted molar refractivity (Wildman–Crippen MR) is 104 cm³/mol. The molecule has 0 spiro atoms. The molecule has 2 N–H and O–H groups in total. The minimum absolute atomic E-state index is 0.197. The normalized spacial score (nSPS) is 27.0. The molecule has 1 fully saturated rings. The van der Waals surface area contributed by atoms with Crippen molar-refractivity contribution in [2.24, 2.45) is 0 Å². The molecular weight excluding hydrogens is 326 g/mol. The van der Waals surface area contributed by atoms with E-state index < -0.39 is 0 Å². The number of nitrogens with one attached hydrogen (secondary N) is 2. The number of ether oxygens (including phenoxy) is 2. The van der Waals surface area contributed by atoms with E-state index in [4.69, 9.17) is 9.47 Å². The molecule has 138 valence electrons. The lowest BCUT2D eigenvalue weighted by atomic mass is 9.80. The molecule has 4 unspecified atom stereocenters. The van der Waals surface area contributed by atoms with Crippen molar-refractivity contribution in [3.05, 3.63) is 53.6 Å². The summed E-state index contributed by atoms with van der Waals surface area (Å²) in [6.07, 6.45) is 1.21. The molecule has 0 saturated carbocycles. The van der Waals surface area contributed by atoms with Crippen LogP contribution < -0.4 is 25.2 Å². The molecule has 26 heavy (non-hydrogen) atoms. The van der Waals surface area contributed by atoms with Crippen LogP contribution in [0.4, 0.5) is 5.69 Å². The van der Waals surface area contributed by atoms with Crippen LogP contribution in [-0.2, 0) is 0 Å². The molecule has 2 heterocycles. The van der Waals surface area contributed by atoms with Gasteiger partial charge in [-0.3, -0.25) is 10.3 Å². The van der Waals surface area contributed by atoms with Crippen LogP contribution in [0.3, 0.4) is 0 Å². The Kier molecular flexibility index (Phi) is 4.51. The van der Waals surface area contributed by atoms with Gasteiger partial charge in [0.15, 0.2) is 11.5 Å². The number of fused-ring (bicyclic) bond motifs is 3. The SMILES string of the molecule is CCC1NC2C(c3cc(OC)c(OC)cc31)C(C)NN2c1ccccc1. The van der Waals surface area contributed by atoms with E-state index in [0.29, 0.717) is 12.0 Å². The number of hydrogen-bond donors (Lipinski definition) is 2. The van der Waals surface area contributed by atoms with Crippen LogP contribution in [0.25, 0.3) is 0 Å². The van der Waals surface area contributed by atoms with Crippen molar-refractivity contribution in [3.8, 4) is 11.5 Å². The lowest BCUT2D eigenvalue weighted by Gasteiger charge is -2.39. The van der Waals surface area contributed by atoms with Gasteiger partial charge in [-0.05, 0) is 48.7 Å². The number of hydrazine groups is 1. The van der Waals surface area contributed by atoms with Crippen molar-refractivity contribution in [1.29, 1.82) is 0 Å². The first-order chi connectivity index (χ1) is 12.7. The first-order valence-corrected chi connectivity index (χ1v) is 9.30. The fraction of sp³-hybridized carbons (Fsp3) is 0.429. The van der Waals surface area contributed by atoms with Crippen molar-refractivity contribution >= 4 is 5.69 Å². The monoisotopic (exact) mass is 353 g/mol. The van der Waals surface area contributed by atoms with Gasteiger partial charge in [0.1, 0.15) is 6.17 Å². The largest absolute Gasteiger partial charge is 0.493 e. The molecule has 4 rings (SSSR count). The number of rotatable bonds is 4. The number of hydrogen-bond acceptors (Lipinski definition) is 5. The molecule has 2 aliphatic heterocycles. The van der Waals surface area contributed by atoms with Crippen LogP contribution in [0.2, 0.25) is 0 Å². The summed E-state index contributed by atoms with van der Waals surface area (Å²) >= 11 is 0. The Morgan fingerprint density at radius 1 is 1.00 bits per heavy atom. The molecule has 0 radical (unpaired) electrons. The molecule has 5 heteroatoms. The van der Waals surface area contributed by atoms with Gasteiger partial charge in [-0.15, -0.1) is 0 Å². The summed E-state index contributed by atoms with van der Waals surface area (Å²) < 4.78 is 11.1. The first kappa shape index (κ1) is 17.2. The van der Waals surface area contributed by atoms with Gasteiger partial charge in [-0.1, -0.05) is 25.1 Å². The Balaban J connectivity index is 1.80. The van der Waals surface area contributed by atoms with Crippen molar-refractivity contribution in [1.82, 2.24) is 10.7 Å². The van der Waals surface area contributed by atoms with Gasteiger partial charge in [-0.25, -0.2) is 5.43 Å². The zero-order chi connectivity index (χ0) is 18.3. The number of anilines is 1. The van der Waals surface area contributed by atoms with E-state index in [2.05, 4.69) is 72.1 Å². The fourth-order valence-corrected chi connectivity index (χ4v) is 4.39. The maximum absolute atomic E-state index is 5.59. The maximum atomic E-state index is 5.59. The fourth-order valence-electron chi connectivity index (χ4n) is 4.39. The van der Waals surface area contributed by atoms with Gasteiger partial charge >= 0.3 is 0 Å². The number of para-hydroxylation sites is 1. The maximum Gasteiger partial charge on any atom is 0.161 e. The van der Waals surface area contributed by atoms with Crippen molar-refractivity contribution < 1.29 is 9.47 Å². The van der Waals surface area contributed by atoms with Gasteiger partial charge in [0.05, 0.1) is 19.9 Å². The van der Waals surface area contributed by atoms with E-state index in [0.717, 1.165) is 17.9 Å². The molecule has 0 aromatic heterocycles. The minimum atomic E-state index is 0.197. The Hall–Kier alpha value is -2.24. The van der Waals surface area contributed by atoms with Crippen LogP contribution in [0.1, 0.15) is 43.4 Å². The van der Waals surface area contributed by atoms with Crippen molar-refractivity contribution in [2.45, 2.75) is 44.4 Å². The number of methoxy groups -OCH3 is 2. The van der Waals surface area contributed by atoms with E-state index in [1.54, 1.807) is 14.2 Å². The van der Waals surface area contributed by atoms with E-state index in [9.17, 15) is 0 Å². The molecule has 0 bridgehead atoms. The number of benzene rings is 2. The van der Waals surface area contributed by atoms with E-state index in [1.807, 2.05) is 0 Å². The second kappa shape index (κ2) is 6.82. The highest BCUT2D eigenvalue weighted by atomic mass is 16.5. The van der Waals surface area contributed by atoms with Gasteiger partial charge < -0.3 is 9.47 Å². The van der Waals surface area contributed by atoms with Gasteiger partial charge in [0.2, 0.25) is 0 Å². The Morgan fingerprint density at radius 3 is 2.27 bits per heavy atom. The van der Waals surface area contributed by atoms with Gasteiger partial charge in [0, 0.05) is 18.0 Å². The highest BCUT2D eigenvalue weighted by Gasteiger charge is 2.46. The molecule has 2 aromatic rings. The topological polar surface area (TPSA) is 45.8 Å². The van der Waals surface area contributed by atoms with Crippen LogP contribution in [-0.4, -0.2) is 26.4 Å². The Labute approximate surface area is 155 Å². The second-order valence-corrected chi connectivity index (χ2v) is 7.06. The summed E-state index contributed by atoms with van der Waals surface area (Å²) in [6.45, 7) is 4.46. The van der Waals surface area contributed by atoms with Crippen molar-refractivity contribution in [2.75, 3.05) is 19.2 Å². The summed E-state index contributed by atoms with van der Waals surface area (Å²) in [7, 11) is 3.40. The summed E-state index contributed by atoms with van der Waals surface area (Å²) in [4.78, 5) is 0. The predicted octanol–water partition coefficient (Wildman–Crippen LogP) is 3.58. The lowest BCUT2D eigenvalue weighted by molar-refractivity contribution is 0.339. The van der Waals surface area contributed by atoms with E-state index in [1.165, 1.54) is 16.8 Å². The zero-order valence-electron chi connectivity index (χ0n) is 15.8. The average molecular weight is 353 g/mol. The zero-order valence-corrected chi connectivity index (χ0v) is 15.8. The second-order valence-electron chi connectivity index (χ2n) is 7.06. The molecule has 2 aromatic carbocycles. The summed E-state index contributed by atoms with van der Waals surface area (Å²) in [5.74, 6) is 1.92. The smallest absolute Gasteiger partial charge is 0.161 e. The highest BCUT2D eigenvalue weighted by molar-refractivity contribution is 5.55. The molecule has 2 aliphatic rings. The first-order valence-electron chi connectivity index (χ1n) is 9.30.